The fourth-order valence-electron chi connectivity index (χ4n) is 3.96. The number of aromatic nitrogens is 2. The third-order valence-electron chi connectivity index (χ3n) is 5.21. The number of hydrogen-bond acceptors (Lipinski definition) is 3. The van der Waals surface area contributed by atoms with Crippen LogP contribution in [0.3, 0.4) is 0 Å². The van der Waals surface area contributed by atoms with Crippen molar-refractivity contribution >= 4 is 5.91 Å². The largest absolute Gasteiger partial charge is 0.377 e. The zero-order valence-corrected chi connectivity index (χ0v) is 13.7. The smallest absolute Gasteiger partial charge is 0.223 e. The number of aromatic amines is 1. The number of carbonyl (C=O) groups is 1. The van der Waals surface area contributed by atoms with Crippen molar-refractivity contribution in [1.82, 2.24) is 15.1 Å². The second-order valence-corrected chi connectivity index (χ2v) is 6.71. The highest BCUT2D eigenvalue weighted by molar-refractivity contribution is 5.77. The Morgan fingerprint density at radius 2 is 2.14 bits per heavy atom. The van der Waals surface area contributed by atoms with E-state index in [0.29, 0.717) is 26.2 Å². The first-order valence-electron chi connectivity index (χ1n) is 8.55. The number of ether oxygens (including phenoxy) is 1. The predicted molar refractivity (Wildman–Crippen MR) is 84.5 cm³/mol. The fourth-order valence-corrected chi connectivity index (χ4v) is 3.96. The summed E-state index contributed by atoms with van der Waals surface area (Å²) in [5.74, 6) is 1.04. The molecule has 3 rings (SSSR count). The molecule has 5 heteroatoms. The molecule has 1 aromatic heterocycles. The lowest BCUT2D eigenvalue weighted by Gasteiger charge is -2.36. The van der Waals surface area contributed by atoms with Gasteiger partial charge in [-0.3, -0.25) is 9.89 Å². The van der Waals surface area contributed by atoms with Gasteiger partial charge >= 0.3 is 0 Å². The molecule has 2 aliphatic rings. The standard InChI is InChI=1S/C17H27N3O2/c1-12-17(13(2)19-18-12)15-11-22-10-9-20(15)16(21)8-7-14-5-3-4-6-14/h14-15H,3-11H2,1-2H3,(H,18,19). The number of carbonyl (C=O) groups excluding carboxylic acids is 1. The minimum atomic E-state index is 0.0172. The molecule has 2 heterocycles. The van der Waals surface area contributed by atoms with Gasteiger partial charge in [-0.2, -0.15) is 5.10 Å². The SMILES string of the molecule is Cc1n[nH]c(C)c1C1COCCN1C(=O)CCC1CCCC1. The number of H-pyrrole nitrogens is 1. The van der Waals surface area contributed by atoms with Crippen molar-refractivity contribution in [2.24, 2.45) is 5.92 Å². The number of hydrogen-bond donors (Lipinski definition) is 1. The zero-order chi connectivity index (χ0) is 15.5. The Balaban J connectivity index is 1.68. The first-order valence-corrected chi connectivity index (χ1v) is 8.55. The maximum absolute atomic E-state index is 12.7. The van der Waals surface area contributed by atoms with Crippen molar-refractivity contribution in [1.29, 1.82) is 0 Å². The first kappa shape index (κ1) is 15.5. The summed E-state index contributed by atoms with van der Waals surface area (Å²) >= 11 is 0. The van der Waals surface area contributed by atoms with Gasteiger partial charge in [-0.15, -0.1) is 0 Å². The highest BCUT2D eigenvalue weighted by atomic mass is 16.5. The summed E-state index contributed by atoms with van der Waals surface area (Å²) in [6.07, 6.45) is 7.02. The van der Waals surface area contributed by atoms with Gasteiger partial charge in [0.15, 0.2) is 0 Å². The first-order chi connectivity index (χ1) is 10.7. The van der Waals surface area contributed by atoms with Crippen LogP contribution in [0, 0.1) is 19.8 Å². The minimum absolute atomic E-state index is 0.0172. The molecule has 1 unspecified atom stereocenters. The highest BCUT2D eigenvalue weighted by Crippen LogP contribution is 2.31. The van der Waals surface area contributed by atoms with Crippen LogP contribution in [-0.2, 0) is 9.53 Å². The van der Waals surface area contributed by atoms with Gasteiger partial charge in [0.1, 0.15) is 0 Å². The number of nitrogens with one attached hydrogen (secondary N) is 1. The molecular formula is C17H27N3O2. The maximum atomic E-state index is 12.7. The molecule has 22 heavy (non-hydrogen) atoms. The summed E-state index contributed by atoms with van der Waals surface area (Å²) in [6.45, 7) is 5.93. The van der Waals surface area contributed by atoms with Crippen molar-refractivity contribution in [3.05, 3.63) is 17.0 Å². The predicted octanol–water partition coefficient (Wildman–Crippen LogP) is 2.90. The number of nitrogens with zero attached hydrogens (tertiary/aromatic N) is 2. The minimum Gasteiger partial charge on any atom is -0.377 e. The van der Waals surface area contributed by atoms with Crippen molar-refractivity contribution in [2.75, 3.05) is 19.8 Å². The van der Waals surface area contributed by atoms with Crippen LogP contribution in [0.4, 0.5) is 0 Å². The highest BCUT2D eigenvalue weighted by Gasteiger charge is 2.32. The molecular weight excluding hydrogens is 278 g/mol. The van der Waals surface area contributed by atoms with Crippen molar-refractivity contribution in [3.8, 4) is 0 Å². The van der Waals surface area contributed by atoms with Crippen molar-refractivity contribution < 1.29 is 9.53 Å². The number of rotatable bonds is 4. The van der Waals surface area contributed by atoms with E-state index in [1.807, 2.05) is 18.7 Å². The normalized spacial score (nSPS) is 23.2. The second kappa shape index (κ2) is 6.82. The van der Waals surface area contributed by atoms with Crippen LogP contribution in [0.1, 0.15) is 61.5 Å². The average Bonchev–Trinajstić information content (AvgIpc) is 3.15. The number of aryl methyl sites for hydroxylation is 2. The van der Waals surface area contributed by atoms with Crippen LogP contribution in [0.2, 0.25) is 0 Å². The van der Waals surface area contributed by atoms with Crippen LogP contribution in [0.15, 0.2) is 0 Å². The van der Waals surface area contributed by atoms with E-state index in [1.54, 1.807) is 0 Å². The summed E-state index contributed by atoms with van der Waals surface area (Å²) in [5, 5.41) is 7.30. The Morgan fingerprint density at radius 3 is 2.82 bits per heavy atom. The number of morpholine rings is 1. The van der Waals surface area contributed by atoms with Crippen molar-refractivity contribution in [2.45, 2.75) is 58.4 Å². The number of amides is 1. The molecule has 5 nitrogen and oxygen atoms in total. The van der Waals surface area contributed by atoms with Gasteiger partial charge in [-0.05, 0) is 26.2 Å². The Kier molecular flexibility index (Phi) is 4.81. The summed E-state index contributed by atoms with van der Waals surface area (Å²) in [4.78, 5) is 14.7. The maximum Gasteiger partial charge on any atom is 0.223 e. The van der Waals surface area contributed by atoms with E-state index in [9.17, 15) is 4.79 Å². The molecule has 1 amide bonds. The molecule has 1 saturated carbocycles. The molecule has 1 saturated heterocycles. The third-order valence-corrected chi connectivity index (χ3v) is 5.21. The Labute approximate surface area is 132 Å². The lowest BCUT2D eigenvalue weighted by atomic mass is 9.99. The molecule has 0 bridgehead atoms. The van der Waals surface area contributed by atoms with Gasteiger partial charge in [-0.1, -0.05) is 25.7 Å². The molecule has 1 N–H and O–H groups in total. The van der Waals surface area contributed by atoms with Crippen LogP contribution >= 0.6 is 0 Å². The quantitative estimate of drug-likeness (QED) is 0.930. The monoisotopic (exact) mass is 305 g/mol. The molecule has 1 aliphatic carbocycles. The summed E-state index contributed by atoms with van der Waals surface area (Å²) < 4.78 is 5.64. The van der Waals surface area contributed by atoms with Gasteiger partial charge < -0.3 is 9.64 Å². The van der Waals surface area contributed by atoms with Crippen molar-refractivity contribution in [3.63, 3.8) is 0 Å². The van der Waals surface area contributed by atoms with Crippen LogP contribution < -0.4 is 0 Å². The van der Waals surface area contributed by atoms with Gasteiger partial charge in [-0.25, -0.2) is 0 Å². The third kappa shape index (κ3) is 3.19. The molecule has 0 spiro atoms. The van der Waals surface area contributed by atoms with Crippen LogP contribution in [0.5, 0.6) is 0 Å². The van der Waals surface area contributed by atoms with Gasteiger partial charge in [0.2, 0.25) is 5.91 Å². The zero-order valence-electron chi connectivity index (χ0n) is 13.7. The van der Waals surface area contributed by atoms with E-state index in [2.05, 4.69) is 10.2 Å². The van der Waals surface area contributed by atoms with E-state index >= 15 is 0 Å². The van der Waals surface area contributed by atoms with E-state index in [-0.39, 0.29) is 11.9 Å². The molecule has 1 atom stereocenters. The molecule has 2 fully saturated rings. The molecule has 1 aromatic rings. The average molecular weight is 305 g/mol. The lowest BCUT2D eigenvalue weighted by Crippen LogP contribution is -2.43. The molecule has 122 valence electrons. The fraction of sp³-hybridized carbons (Fsp3) is 0.765. The summed E-state index contributed by atoms with van der Waals surface area (Å²) in [7, 11) is 0. The van der Waals surface area contributed by atoms with Crippen LogP contribution in [0.25, 0.3) is 0 Å². The van der Waals surface area contributed by atoms with Crippen LogP contribution in [-0.4, -0.2) is 40.8 Å². The summed E-state index contributed by atoms with van der Waals surface area (Å²) in [6, 6.07) is 0.0172. The van der Waals surface area contributed by atoms with E-state index in [0.717, 1.165) is 29.3 Å². The summed E-state index contributed by atoms with van der Waals surface area (Å²) in [5.41, 5.74) is 3.15. The van der Waals surface area contributed by atoms with E-state index in [4.69, 9.17) is 4.74 Å². The molecule has 1 aliphatic heterocycles. The van der Waals surface area contributed by atoms with Gasteiger partial charge in [0, 0.05) is 24.2 Å². The topological polar surface area (TPSA) is 58.2 Å². The Hall–Kier alpha value is -1.36. The Morgan fingerprint density at radius 1 is 1.36 bits per heavy atom. The van der Waals surface area contributed by atoms with E-state index < -0.39 is 0 Å². The van der Waals surface area contributed by atoms with Gasteiger partial charge in [0.25, 0.3) is 0 Å². The second-order valence-electron chi connectivity index (χ2n) is 6.71. The van der Waals surface area contributed by atoms with Gasteiger partial charge in [0.05, 0.1) is 24.9 Å². The Bertz CT molecular complexity index is 500. The molecule has 0 aromatic carbocycles. The van der Waals surface area contributed by atoms with E-state index in [1.165, 1.54) is 25.7 Å². The molecule has 0 radical (unpaired) electrons. The lowest BCUT2D eigenvalue weighted by molar-refractivity contribution is -0.140.